The van der Waals surface area contributed by atoms with Crippen LogP contribution in [0.4, 0.5) is 0 Å². The summed E-state index contributed by atoms with van der Waals surface area (Å²) in [5, 5.41) is 4.36. The fourth-order valence-corrected chi connectivity index (χ4v) is 2.82. The van der Waals surface area contributed by atoms with E-state index in [1.165, 1.54) is 12.8 Å². The predicted octanol–water partition coefficient (Wildman–Crippen LogP) is 4.03. The van der Waals surface area contributed by atoms with E-state index in [-0.39, 0.29) is 0 Å². The molecule has 1 fully saturated rings. The second kappa shape index (κ2) is 5.94. The van der Waals surface area contributed by atoms with Gasteiger partial charge in [0.05, 0.1) is 11.1 Å². The lowest BCUT2D eigenvalue weighted by atomic mass is 10.2. The number of hydrogen-bond donors (Lipinski definition) is 1. The van der Waals surface area contributed by atoms with Gasteiger partial charge in [0.2, 0.25) is 0 Å². The Labute approximate surface area is 112 Å². The van der Waals surface area contributed by atoms with Gasteiger partial charge in [-0.3, -0.25) is 0 Å². The molecule has 0 atom stereocenters. The van der Waals surface area contributed by atoms with Crippen LogP contribution in [0.1, 0.15) is 31.2 Å². The molecule has 17 heavy (non-hydrogen) atoms. The van der Waals surface area contributed by atoms with E-state index in [1.54, 1.807) is 6.07 Å². The van der Waals surface area contributed by atoms with Gasteiger partial charge >= 0.3 is 0 Å². The fourth-order valence-electron chi connectivity index (χ4n) is 2.24. The topological polar surface area (TPSA) is 21.3 Å². The summed E-state index contributed by atoms with van der Waals surface area (Å²) in [7, 11) is 1.90. The van der Waals surface area contributed by atoms with Gasteiger partial charge in [-0.15, -0.1) is 0 Å². The molecule has 2 rings (SSSR count). The average molecular weight is 274 g/mol. The summed E-state index contributed by atoms with van der Waals surface area (Å²) < 4.78 is 6.01. The highest BCUT2D eigenvalue weighted by molar-refractivity contribution is 6.35. The standard InChI is InChI=1S/C13H17Cl2NO/c1-16-8-9-6-10(14)7-12(15)13(9)17-11-4-2-3-5-11/h6-7,11,16H,2-5,8H2,1H3. The van der Waals surface area contributed by atoms with Crippen molar-refractivity contribution in [3.05, 3.63) is 27.7 Å². The highest BCUT2D eigenvalue weighted by Crippen LogP contribution is 2.35. The summed E-state index contributed by atoms with van der Waals surface area (Å²) in [5.74, 6) is 0.789. The van der Waals surface area contributed by atoms with Gasteiger partial charge in [-0.1, -0.05) is 23.2 Å². The van der Waals surface area contributed by atoms with Crippen LogP contribution in [0.25, 0.3) is 0 Å². The monoisotopic (exact) mass is 273 g/mol. The second-order valence-electron chi connectivity index (χ2n) is 4.43. The minimum atomic E-state index is 0.310. The van der Waals surface area contributed by atoms with Gasteiger partial charge < -0.3 is 10.1 Å². The van der Waals surface area contributed by atoms with Crippen molar-refractivity contribution in [1.82, 2.24) is 5.32 Å². The Morgan fingerprint density at radius 2 is 2.00 bits per heavy atom. The van der Waals surface area contributed by atoms with Crippen molar-refractivity contribution in [3.63, 3.8) is 0 Å². The lowest BCUT2D eigenvalue weighted by Gasteiger charge is -2.18. The van der Waals surface area contributed by atoms with Crippen LogP contribution in [0.5, 0.6) is 5.75 Å². The van der Waals surface area contributed by atoms with E-state index in [9.17, 15) is 0 Å². The highest BCUT2D eigenvalue weighted by Gasteiger charge is 2.19. The Morgan fingerprint density at radius 3 is 2.65 bits per heavy atom. The second-order valence-corrected chi connectivity index (χ2v) is 5.27. The lowest BCUT2D eigenvalue weighted by molar-refractivity contribution is 0.208. The molecule has 1 aromatic carbocycles. The maximum Gasteiger partial charge on any atom is 0.142 e. The Morgan fingerprint density at radius 1 is 1.29 bits per heavy atom. The first-order chi connectivity index (χ1) is 8.20. The molecule has 0 spiro atoms. The minimum Gasteiger partial charge on any atom is -0.489 e. The number of nitrogens with one attached hydrogen (secondary N) is 1. The van der Waals surface area contributed by atoms with Gasteiger partial charge in [0.1, 0.15) is 5.75 Å². The number of hydrogen-bond acceptors (Lipinski definition) is 2. The predicted molar refractivity (Wildman–Crippen MR) is 72.1 cm³/mol. The third kappa shape index (κ3) is 3.27. The van der Waals surface area contributed by atoms with E-state index in [1.807, 2.05) is 13.1 Å². The van der Waals surface area contributed by atoms with Crippen molar-refractivity contribution in [2.75, 3.05) is 7.05 Å². The van der Waals surface area contributed by atoms with Gasteiger partial charge in [-0.25, -0.2) is 0 Å². The SMILES string of the molecule is CNCc1cc(Cl)cc(Cl)c1OC1CCCC1. The molecule has 0 aliphatic heterocycles. The first kappa shape index (κ1) is 13.0. The molecule has 4 heteroatoms. The zero-order valence-corrected chi connectivity index (χ0v) is 11.4. The molecule has 0 amide bonds. The zero-order valence-electron chi connectivity index (χ0n) is 9.93. The van der Waals surface area contributed by atoms with Crippen molar-refractivity contribution in [2.45, 2.75) is 38.3 Å². The minimum absolute atomic E-state index is 0.310. The quantitative estimate of drug-likeness (QED) is 0.894. The van der Waals surface area contributed by atoms with Gasteiger partial charge in [-0.05, 0) is 44.9 Å². The van der Waals surface area contributed by atoms with Crippen molar-refractivity contribution in [2.24, 2.45) is 0 Å². The Kier molecular flexibility index (Phi) is 4.55. The van der Waals surface area contributed by atoms with E-state index in [4.69, 9.17) is 27.9 Å². The van der Waals surface area contributed by atoms with Gasteiger partial charge in [0.15, 0.2) is 0 Å². The third-order valence-electron chi connectivity index (χ3n) is 3.04. The molecule has 1 saturated carbocycles. The van der Waals surface area contributed by atoms with E-state index >= 15 is 0 Å². The largest absolute Gasteiger partial charge is 0.489 e. The van der Waals surface area contributed by atoms with E-state index in [0.717, 1.165) is 24.2 Å². The van der Waals surface area contributed by atoms with E-state index < -0.39 is 0 Å². The smallest absolute Gasteiger partial charge is 0.142 e. The summed E-state index contributed by atoms with van der Waals surface area (Å²) >= 11 is 12.2. The molecule has 1 N–H and O–H groups in total. The molecule has 0 aromatic heterocycles. The summed E-state index contributed by atoms with van der Waals surface area (Å²) in [5.41, 5.74) is 1.02. The molecule has 1 aromatic rings. The highest BCUT2D eigenvalue weighted by atomic mass is 35.5. The maximum atomic E-state index is 6.21. The Balaban J connectivity index is 2.22. The third-order valence-corrected chi connectivity index (χ3v) is 3.54. The molecule has 0 saturated heterocycles. The van der Waals surface area contributed by atoms with Crippen LogP contribution in [-0.4, -0.2) is 13.2 Å². The van der Waals surface area contributed by atoms with Crippen LogP contribution in [0.15, 0.2) is 12.1 Å². The molecule has 1 aliphatic carbocycles. The zero-order chi connectivity index (χ0) is 12.3. The Bertz CT molecular complexity index is 389. The van der Waals surface area contributed by atoms with Gasteiger partial charge in [-0.2, -0.15) is 0 Å². The molecule has 0 radical (unpaired) electrons. The molecule has 0 bridgehead atoms. The lowest BCUT2D eigenvalue weighted by Crippen LogP contribution is -2.14. The molecular formula is C13H17Cl2NO. The molecule has 2 nitrogen and oxygen atoms in total. The van der Waals surface area contributed by atoms with Crippen molar-refractivity contribution in [1.29, 1.82) is 0 Å². The van der Waals surface area contributed by atoms with Crippen LogP contribution >= 0.6 is 23.2 Å². The molecule has 0 heterocycles. The summed E-state index contributed by atoms with van der Waals surface area (Å²) in [6.45, 7) is 0.711. The van der Waals surface area contributed by atoms with Crippen LogP contribution in [-0.2, 0) is 6.54 Å². The molecule has 0 unspecified atom stereocenters. The van der Waals surface area contributed by atoms with E-state index in [0.29, 0.717) is 22.7 Å². The summed E-state index contributed by atoms with van der Waals surface area (Å²) in [4.78, 5) is 0. The number of rotatable bonds is 4. The molecule has 94 valence electrons. The number of ether oxygens (including phenoxy) is 1. The van der Waals surface area contributed by atoms with Crippen molar-refractivity contribution >= 4 is 23.2 Å². The van der Waals surface area contributed by atoms with Crippen LogP contribution in [0.3, 0.4) is 0 Å². The van der Waals surface area contributed by atoms with Gasteiger partial charge in [0, 0.05) is 17.1 Å². The number of halogens is 2. The summed E-state index contributed by atoms with van der Waals surface area (Å²) in [6.07, 6.45) is 5.05. The fraction of sp³-hybridized carbons (Fsp3) is 0.538. The number of benzene rings is 1. The van der Waals surface area contributed by atoms with Gasteiger partial charge in [0.25, 0.3) is 0 Å². The first-order valence-corrected chi connectivity index (χ1v) is 6.75. The molecular weight excluding hydrogens is 257 g/mol. The molecule has 1 aliphatic rings. The first-order valence-electron chi connectivity index (χ1n) is 6.00. The average Bonchev–Trinajstić information content (AvgIpc) is 2.76. The van der Waals surface area contributed by atoms with Crippen molar-refractivity contribution < 1.29 is 4.74 Å². The summed E-state index contributed by atoms with van der Waals surface area (Å²) in [6, 6.07) is 3.65. The van der Waals surface area contributed by atoms with Crippen LogP contribution in [0, 0.1) is 0 Å². The van der Waals surface area contributed by atoms with Crippen LogP contribution in [0.2, 0.25) is 10.0 Å². The maximum absolute atomic E-state index is 6.21. The Hall–Kier alpha value is -0.440. The normalized spacial score (nSPS) is 16.4. The van der Waals surface area contributed by atoms with Crippen molar-refractivity contribution in [3.8, 4) is 5.75 Å². The van der Waals surface area contributed by atoms with E-state index in [2.05, 4.69) is 5.32 Å². The van der Waals surface area contributed by atoms with Crippen LogP contribution < -0.4 is 10.1 Å².